The van der Waals surface area contributed by atoms with Crippen molar-refractivity contribution in [2.45, 2.75) is 104 Å². The van der Waals surface area contributed by atoms with Crippen LogP contribution >= 0.6 is 31.9 Å². The third-order valence-corrected chi connectivity index (χ3v) is 13.4. The van der Waals surface area contributed by atoms with Crippen molar-refractivity contribution in [2.75, 3.05) is 9.80 Å². The van der Waals surface area contributed by atoms with E-state index in [1.54, 1.807) is 94.7 Å². The summed E-state index contributed by atoms with van der Waals surface area (Å²) >= 11 is 6.95. The summed E-state index contributed by atoms with van der Waals surface area (Å²) in [5, 5.41) is 0. The van der Waals surface area contributed by atoms with Gasteiger partial charge in [0.25, 0.3) is 0 Å². The van der Waals surface area contributed by atoms with E-state index in [-0.39, 0.29) is 33.6 Å². The second-order valence-electron chi connectivity index (χ2n) is 16.3. The molecule has 326 valence electrons. The molecule has 0 fully saturated rings. The highest BCUT2D eigenvalue weighted by atomic mass is 79.9. The molecule has 0 saturated heterocycles. The Labute approximate surface area is 450 Å². The first-order valence-corrected chi connectivity index (χ1v) is 21.4. The minimum absolute atomic E-state index is 0.0945. The van der Waals surface area contributed by atoms with Gasteiger partial charge >= 0.3 is 0 Å². The van der Waals surface area contributed by atoms with Crippen LogP contribution in [-0.2, 0) is 21.7 Å². The third-order valence-electron chi connectivity index (χ3n) is 12.3. The van der Waals surface area contributed by atoms with Gasteiger partial charge in [0.15, 0.2) is 0 Å². The van der Waals surface area contributed by atoms with Gasteiger partial charge in [-0.2, -0.15) is 0 Å². The van der Waals surface area contributed by atoms with Crippen LogP contribution in [0.3, 0.4) is 0 Å². The molecule has 0 bridgehead atoms. The van der Waals surface area contributed by atoms with E-state index in [9.17, 15) is 0 Å². The van der Waals surface area contributed by atoms with Crippen molar-refractivity contribution in [3.05, 3.63) is 189 Å². The summed E-state index contributed by atoms with van der Waals surface area (Å²) < 4.78 is 323. The lowest BCUT2D eigenvalue weighted by Crippen LogP contribution is -2.42. The summed E-state index contributed by atoms with van der Waals surface area (Å²) in [6, 6.07) is 38.2. The van der Waals surface area contributed by atoms with E-state index in [0.717, 1.165) is 36.4 Å². The number of benzene rings is 7. The molecule has 0 radical (unpaired) electrons. The molecule has 2 aliphatic carbocycles. The van der Waals surface area contributed by atoms with E-state index >= 15 is 0 Å². The van der Waals surface area contributed by atoms with Gasteiger partial charge in [-0.1, -0.05) is 181 Å². The third kappa shape index (κ3) is 6.76. The van der Waals surface area contributed by atoms with Crippen molar-refractivity contribution in [3.63, 3.8) is 0 Å². The monoisotopic (exact) mass is 1000 g/mol. The van der Waals surface area contributed by atoms with Crippen LogP contribution in [0.5, 0.6) is 0 Å². The predicted octanol–water partition coefficient (Wildman–Crippen LogP) is 18.7. The van der Waals surface area contributed by atoms with Crippen molar-refractivity contribution in [3.8, 4) is 22.3 Å². The van der Waals surface area contributed by atoms with Gasteiger partial charge in [-0.15, -0.1) is 0 Å². The number of hydrogen-bond donors (Lipinski definition) is 0. The zero-order chi connectivity index (χ0) is 75.8. The summed E-state index contributed by atoms with van der Waals surface area (Å²) in [5.74, 6) is 0. The lowest BCUT2D eigenvalue weighted by atomic mass is 9.59. The summed E-state index contributed by atoms with van der Waals surface area (Å²) in [6.07, 6.45) is 0. The van der Waals surface area contributed by atoms with E-state index in [1.807, 2.05) is 0 Å². The first-order chi connectivity index (χ1) is 45.1. The van der Waals surface area contributed by atoms with Crippen molar-refractivity contribution >= 4 is 66.0 Å². The molecular formula is C60H62Br2N2. The standard InChI is InChI=1S/C60H62Br2N2/c1-55(2)51-32-22-41(36-53(51)57(5,6)59(55,9)10)39-16-13-18-47(34-39)63(45-28-24-43(61)25-29-45)49-20-15-21-50(38-49)64(46-30-26-44(62)27-31-46)48-19-14-17-40(35-48)42-23-33-52-54(37-42)58(7,8)60(11,12)56(52,3)4/h13-38H,1-12H3/i1D3,2D3,3D3,4D3,5D3,6D3,7D3,8D3,9D3,10D3,11D3,12D3. The van der Waals surface area contributed by atoms with Crippen LogP contribution < -0.4 is 9.80 Å². The summed E-state index contributed by atoms with van der Waals surface area (Å²) in [5.41, 5.74) is -28.8. The summed E-state index contributed by atoms with van der Waals surface area (Å²) in [7, 11) is 0. The zero-order valence-electron chi connectivity index (χ0n) is 69.7. The highest BCUT2D eigenvalue weighted by molar-refractivity contribution is 9.10. The number of fused-ring (bicyclic) bond motifs is 2. The smallest absolute Gasteiger partial charge is 0.0482 e. The number of anilines is 6. The Morgan fingerprint density at radius 3 is 1.00 bits per heavy atom. The Hall–Kier alpha value is -4.90. The molecule has 7 aromatic rings. The molecular weight excluding hydrogens is 908 g/mol. The molecule has 2 aliphatic rings. The molecule has 9 rings (SSSR count). The van der Waals surface area contributed by atoms with Gasteiger partial charge in [0.1, 0.15) is 0 Å². The number of nitrogens with zero attached hydrogens (tertiary/aromatic N) is 2. The van der Waals surface area contributed by atoms with E-state index < -0.39 is 137 Å². The Morgan fingerprint density at radius 1 is 0.312 bits per heavy atom. The van der Waals surface area contributed by atoms with Gasteiger partial charge < -0.3 is 9.80 Å². The van der Waals surface area contributed by atoms with Gasteiger partial charge in [0.2, 0.25) is 0 Å². The van der Waals surface area contributed by atoms with Crippen molar-refractivity contribution in [1.29, 1.82) is 0 Å². The molecule has 0 amide bonds. The molecule has 0 saturated carbocycles. The molecule has 7 aromatic carbocycles. The van der Waals surface area contributed by atoms with Crippen molar-refractivity contribution < 1.29 is 49.3 Å². The van der Waals surface area contributed by atoms with Crippen LogP contribution in [0.4, 0.5) is 34.1 Å². The molecule has 0 aromatic heterocycles. The number of halogens is 2. The Bertz CT molecular complexity index is 3900. The molecule has 2 nitrogen and oxygen atoms in total. The van der Waals surface area contributed by atoms with Crippen LogP contribution in [0.2, 0.25) is 0 Å². The normalized spacial score (nSPS) is 28.7. The highest BCUT2D eigenvalue weighted by Gasteiger charge is 2.57. The Kier molecular flexibility index (Phi) is 4.50. The SMILES string of the molecule is [2H]C([2H])([2H])C1(C([2H])([2H])[2H])c2ccc(-c3cccc(N(c4ccc(Br)cc4)c4cccc(N(c5ccc(Br)cc5)c5cccc(-c6ccc7c(c6)C(C([2H])([2H])[2H])(C([2H])([2H])[2H])C(C([2H])([2H])[2H])(C([2H])([2H])[2H])C7(C([2H])([2H])[2H])C([2H])([2H])[2H])c5)c4)c3)cc2C(C([2H])([2H])[2H])(C([2H])([2H])[2H])C1(C([2H])([2H])[2H])C([2H])([2H])[2H]. The van der Waals surface area contributed by atoms with Crippen LogP contribution in [0, 0.1) is 10.8 Å². The minimum Gasteiger partial charge on any atom is -0.310 e. The van der Waals surface area contributed by atoms with E-state index in [4.69, 9.17) is 49.3 Å². The number of rotatable bonds is 8. The first-order valence-electron chi connectivity index (χ1n) is 37.8. The maximum Gasteiger partial charge on any atom is 0.0482 e. The Balaban J connectivity index is 1.29. The summed E-state index contributed by atoms with van der Waals surface area (Å²) in [4.78, 5) is 3.45. The molecule has 0 aliphatic heterocycles. The average molecular weight is 1010 g/mol. The van der Waals surface area contributed by atoms with Gasteiger partial charge in [0.05, 0.1) is 0 Å². The van der Waals surface area contributed by atoms with Crippen LogP contribution in [0.25, 0.3) is 22.3 Å². The summed E-state index contributed by atoms with van der Waals surface area (Å²) in [6.45, 7) is -52.3. The lowest BCUT2D eigenvalue weighted by molar-refractivity contribution is 0.125. The fraction of sp³-hybridized carbons (Fsp3) is 0.300. The fourth-order valence-corrected chi connectivity index (χ4v) is 9.12. The van der Waals surface area contributed by atoms with Crippen LogP contribution in [-0.4, -0.2) is 0 Å². The minimum atomic E-state index is -4.62. The first kappa shape index (κ1) is 18.8. The fourth-order valence-electron chi connectivity index (χ4n) is 8.59. The number of hydrogen-bond acceptors (Lipinski definition) is 2. The highest BCUT2D eigenvalue weighted by Crippen LogP contribution is 2.63. The topological polar surface area (TPSA) is 6.48 Å². The lowest BCUT2D eigenvalue weighted by Gasteiger charge is -2.44. The van der Waals surface area contributed by atoms with Gasteiger partial charge in [-0.05, 0) is 168 Å². The predicted molar refractivity (Wildman–Crippen MR) is 282 cm³/mol. The maximum atomic E-state index is 9.01. The van der Waals surface area contributed by atoms with Gasteiger partial charge in [0, 0.05) is 92.4 Å². The molecule has 0 unspecified atom stereocenters. The molecule has 0 atom stereocenters. The molecule has 4 heteroatoms. The van der Waals surface area contributed by atoms with E-state index in [2.05, 4.69) is 31.9 Å². The van der Waals surface area contributed by atoms with Crippen molar-refractivity contribution in [2.24, 2.45) is 10.8 Å². The molecule has 0 heterocycles. The van der Waals surface area contributed by atoms with Gasteiger partial charge in [-0.3, -0.25) is 0 Å². The van der Waals surface area contributed by atoms with Crippen molar-refractivity contribution in [1.82, 2.24) is 0 Å². The van der Waals surface area contributed by atoms with Gasteiger partial charge in [-0.25, -0.2) is 0 Å². The second-order valence-corrected chi connectivity index (χ2v) is 18.1. The van der Waals surface area contributed by atoms with E-state index in [1.165, 1.54) is 36.4 Å². The Morgan fingerprint density at radius 2 is 0.641 bits per heavy atom. The largest absolute Gasteiger partial charge is 0.310 e. The molecule has 0 spiro atoms. The van der Waals surface area contributed by atoms with Crippen LogP contribution in [0.15, 0.2) is 167 Å². The zero-order valence-corrected chi connectivity index (χ0v) is 36.8. The molecule has 64 heavy (non-hydrogen) atoms. The maximum absolute atomic E-state index is 9.01. The van der Waals surface area contributed by atoms with Crippen LogP contribution in [0.1, 0.15) is 154 Å². The van der Waals surface area contributed by atoms with E-state index in [0.29, 0.717) is 31.7 Å². The molecule has 0 N–H and O–H groups in total. The quantitative estimate of drug-likeness (QED) is 0.150. The second kappa shape index (κ2) is 15.3. The average Bonchev–Trinajstić information content (AvgIpc) is 1.43.